The summed E-state index contributed by atoms with van der Waals surface area (Å²) >= 11 is 0. The zero-order valence-corrected chi connectivity index (χ0v) is 25.7. The summed E-state index contributed by atoms with van der Waals surface area (Å²) in [5.74, 6) is -0.303. The molecule has 213 valence electrons. The van der Waals surface area contributed by atoms with Crippen molar-refractivity contribution in [3.05, 3.63) is 5.73 Å². The van der Waals surface area contributed by atoms with Crippen molar-refractivity contribution in [2.75, 3.05) is 60.4 Å². The summed E-state index contributed by atoms with van der Waals surface area (Å²) in [6, 6.07) is -1.14. The third-order valence-corrected chi connectivity index (χ3v) is 4.68. The smallest absolute Gasteiger partial charge is 0.236 e. The third kappa shape index (κ3) is 29.5. The summed E-state index contributed by atoms with van der Waals surface area (Å²) in [5, 5.41) is 14.0. The Morgan fingerprint density at radius 3 is 1.61 bits per heavy atom. The number of nitrogens with one attached hydrogen (secondary N) is 6. The van der Waals surface area contributed by atoms with Crippen molar-refractivity contribution in [2.24, 2.45) is 22.9 Å². The minimum absolute atomic E-state index is 0. The van der Waals surface area contributed by atoms with Crippen LogP contribution in [-0.2, 0) is 47.1 Å². The summed E-state index contributed by atoms with van der Waals surface area (Å²) in [7, 11) is 4.76. The van der Waals surface area contributed by atoms with Gasteiger partial charge in [0.1, 0.15) is 0 Å². The SMILES string of the molecule is CNC(=O)C(C)[NH-].CNC(=O)C(CCCNCCCN)NCCCN.CNC(=O)C(N)CCCN.[Y]. The van der Waals surface area contributed by atoms with Crippen LogP contribution in [0.5, 0.6) is 0 Å². The van der Waals surface area contributed by atoms with Crippen molar-refractivity contribution in [3.8, 4) is 0 Å². The minimum Gasteiger partial charge on any atom is -0.667 e. The second kappa shape index (κ2) is 32.3. The van der Waals surface area contributed by atoms with E-state index in [0.29, 0.717) is 26.1 Å². The summed E-state index contributed by atoms with van der Waals surface area (Å²) in [6.07, 6.45) is 5.15. The van der Waals surface area contributed by atoms with Gasteiger partial charge in [-0.3, -0.25) is 14.4 Å². The van der Waals surface area contributed by atoms with Crippen molar-refractivity contribution in [3.63, 3.8) is 0 Å². The van der Waals surface area contributed by atoms with Gasteiger partial charge in [0.05, 0.1) is 12.1 Å². The van der Waals surface area contributed by atoms with Crippen molar-refractivity contribution in [1.82, 2.24) is 26.6 Å². The molecule has 3 unspecified atom stereocenters. The average molecular weight is 595 g/mol. The Bertz CT molecular complexity index is 516. The molecule has 0 rings (SSSR count). The van der Waals surface area contributed by atoms with Crippen LogP contribution in [0, 0.1) is 0 Å². The van der Waals surface area contributed by atoms with Crippen molar-refractivity contribution in [2.45, 2.75) is 63.6 Å². The minimum atomic E-state index is -0.634. The van der Waals surface area contributed by atoms with Gasteiger partial charge >= 0.3 is 0 Å². The van der Waals surface area contributed by atoms with Gasteiger partial charge in [0.25, 0.3) is 0 Å². The molecule has 0 spiro atoms. The molecular weight excluding hydrogens is 541 g/mol. The van der Waals surface area contributed by atoms with Gasteiger partial charge in [-0.1, -0.05) is 13.0 Å². The van der Waals surface area contributed by atoms with Crippen LogP contribution >= 0.6 is 0 Å². The fraction of sp³-hybridized carbons (Fsp3) is 0.864. The summed E-state index contributed by atoms with van der Waals surface area (Å²) < 4.78 is 0. The van der Waals surface area contributed by atoms with E-state index in [1.165, 1.54) is 14.0 Å². The molecule has 0 saturated heterocycles. The number of rotatable bonds is 17. The summed E-state index contributed by atoms with van der Waals surface area (Å²) in [5.41, 5.74) is 28.3. The number of carbonyl (C=O) groups excluding carboxylic acids is 3. The Balaban J connectivity index is -0.000000240. The normalized spacial score (nSPS) is 12.2. The summed E-state index contributed by atoms with van der Waals surface area (Å²) in [6.45, 7) is 6.13. The Morgan fingerprint density at radius 1 is 0.722 bits per heavy atom. The van der Waals surface area contributed by atoms with E-state index in [1.54, 1.807) is 14.1 Å². The standard InChI is InChI=1S/C12H29N5O.C6H15N3O.C4H9N2O.Y/c1-15-12(18)11(17-10-4-7-14)5-2-8-16-9-3-6-13;1-9-6(10)5(8)3-2-4-7;1-3(5)4(7)6-2;/h11,16-17H,2-10,13-14H2,1H3,(H,15,18);5H,2-4,7-8H2,1H3,(H,9,10);3,5H,1-2H3,(H,6,7);/q;;-1;. The van der Waals surface area contributed by atoms with Gasteiger partial charge < -0.3 is 55.3 Å². The van der Waals surface area contributed by atoms with E-state index in [2.05, 4.69) is 26.6 Å². The zero-order chi connectivity index (χ0) is 27.5. The van der Waals surface area contributed by atoms with Crippen LogP contribution in [0.25, 0.3) is 5.73 Å². The first-order valence-corrected chi connectivity index (χ1v) is 12.3. The fourth-order valence-electron chi connectivity index (χ4n) is 2.53. The first-order chi connectivity index (χ1) is 16.7. The Labute approximate surface area is 243 Å². The number of likely N-dealkylation sites (N-methyl/N-ethyl adjacent to an activating group) is 3. The summed E-state index contributed by atoms with van der Waals surface area (Å²) in [4.78, 5) is 32.6. The molecular formula is C22H53N10O3Y-. The van der Waals surface area contributed by atoms with E-state index in [9.17, 15) is 14.4 Å². The van der Waals surface area contributed by atoms with E-state index in [1.807, 2.05) is 0 Å². The molecule has 0 aliphatic heterocycles. The maximum Gasteiger partial charge on any atom is 0.236 e. The quantitative estimate of drug-likeness (QED) is 0.0824. The second-order valence-corrected chi connectivity index (χ2v) is 7.79. The molecule has 0 aliphatic rings. The molecule has 0 fully saturated rings. The molecule has 13 nitrogen and oxygen atoms in total. The van der Waals surface area contributed by atoms with Crippen molar-refractivity contribution < 1.29 is 47.1 Å². The van der Waals surface area contributed by atoms with Gasteiger partial charge in [-0.2, -0.15) is 0 Å². The largest absolute Gasteiger partial charge is 0.667 e. The van der Waals surface area contributed by atoms with Crippen molar-refractivity contribution >= 4 is 17.7 Å². The van der Waals surface area contributed by atoms with Crippen LogP contribution in [0.15, 0.2) is 0 Å². The molecule has 3 amide bonds. The van der Waals surface area contributed by atoms with Gasteiger partial charge in [0.15, 0.2) is 0 Å². The van der Waals surface area contributed by atoms with Gasteiger partial charge in [-0.25, -0.2) is 0 Å². The Morgan fingerprint density at radius 2 is 1.19 bits per heavy atom. The van der Waals surface area contributed by atoms with E-state index in [4.69, 9.17) is 28.7 Å². The van der Waals surface area contributed by atoms with E-state index in [-0.39, 0.29) is 56.5 Å². The fourth-order valence-corrected chi connectivity index (χ4v) is 2.53. The number of nitrogens with two attached hydrogens (primary N) is 4. The molecule has 0 bridgehead atoms. The van der Waals surface area contributed by atoms with E-state index >= 15 is 0 Å². The number of hydrogen-bond donors (Lipinski definition) is 9. The van der Waals surface area contributed by atoms with Crippen LogP contribution in [0.1, 0.15) is 45.4 Å². The average Bonchev–Trinajstić information content (AvgIpc) is 2.87. The van der Waals surface area contributed by atoms with Gasteiger partial charge in [-0.15, -0.1) is 0 Å². The predicted molar refractivity (Wildman–Crippen MR) is 143 cm³/mol. The number of hydrogen-bond acceptors (Lipinski definition) is 9. The van der Waals surface area contributed by atoms with E-state index < -0.39 is 12.1 Å². The van der Waals surface area contributed by atoms with Crippen LogP contribution in [0.3, 0.4) is 0 Å². The molecule has 0 aromatic heterocycles. The molecule has 14 N–H and O–H groups in total. The zero-order valence-electron chi connectivity index (χ0n) is 22.8. The Hall–Kier alpha value is -0.766. The molecule has 36 heavy (non-hydrogen) atoms. The monoisotopic (exact) mass is 594 g/mol. The van der Waals surface area contributed by atoms with Gasteiger partial charge in [-0.05, 0) is 77.8 Å². The second-order valence-electron chi connectivity index (χ2n) is 7.79. The molecule has 0 aromatic rings. The molecule has 0 heterocycles. The van der Waals surface area contributed by atoms with Crippen LogP contribution in [0.4, 0.5) is 0 Å². The maximum absolute atomic E-state index is 11.6. The number of amides is 3. The molecule has 0 saturated carbocycles. The first kappa shape index (κ1) is 42.3. The Kier molecular flexibility index (Phi) is 37.9. The third-order valence-electron chi connectivity index (χ3n) is 4.68. The number of carbonyl (C=O) groups is 3. The first-order valence-electron chi connectivity index (χ1n) is 12.3. The van der Waals surface area contributed by atoms with Crippen LogP contribution in [-0.4, -0.2) is 96.3 Å². The topological polar surface area (TPSA) is 239 Å². The van der Waals surface area contributed by atoms with E-state index in [0.717, 1.165) is 51.7 Å². The molecule has 3 atom stereocenters. The van der Waals surface area contributed by atoms with Crippen molar-refractivity contribution in [1.29, 1.82) is 0 Å². The molecule has 1 radical (unpaired) electrons. The molecule has 0 aliphatic carbocycles. The molecule has 14 heteroatoms. The molecule has 0 aromatic carbocycles. The van der Waals surface area contributed by atoms with Crippen LogP contribution < -0.4 is 49.5 Å². The predicted octanol–water partition coefficient (Wildman–Crippen LogP) is -2.27. The van der Waals surface area contributed by atoms with Gasteiger partial charge in [0.2, 0.25) is 17.7 Å². The van der Waals surface area contributed by atoms with Gasteiger partial charge in [0, 0.05) is 53.9 Å². The van der Waals surface area contributed by atoms with Crippen LogP contribution in [0.2, 0.25) is 0 Å². The maximum atomic E-state index is 11.6.